The minimum atomic E-state index is -3.55. The van der Waals surface area contributed by atoms with Crippen LogP contribution in [0.25, 0.3) is 0 Å². The van der Waals surface area contributed by atoms with E-state index < -0.39 is 22.1 Å². The first-order valence-corrected chi connectivity index (χ1v) is 8.44. The Balaban J connectivity index is 2.08. The summed E-state index contributed by atoms with van der Waals surface area (Å²) in [4.78, 5) is 23.8. The van der Waals surface area contributed by atoms with E-state index in [1.165, 1.54) is 31.3 Å². The number of ether oxygens (including phenoxy) is 1. The largest absolute Gasteiger partial charge is 0.449 e. The fourth-order valence-electron chi connectivity index (χ4n) is 2.11. The summed E-state index contributed by atoms with van der Waals surface area (Å²) in [6, 6.07) is 5.35. The highest BCUT2D eigenvalue weighted by atomic mass is 32.2. The Bertz CT molecular complexity index is 654. The van der Waals surface area contributed by atoms with Crippen LogP contribution in [-0.4, -0.2) is 40.0 Å². The molecule has 0 bridgehead atoms. The molecule has 1 atom stereocenters. The Morgan fingerprint density at radius 3 is 2.59 bits per heavy atom. The summed E-state index contributed by atoms with van der Waals surface area (Å²) in [7, 11) is -2.24. The van der Waals surface area contributed by atoms with Gasteiger partial charge in [-0.1, -0.05) is 0 Å². The molecule has 0 aliphatic carbocycles. The van der Waals surface area contributed by atoms with Gasteiger partial charge in [0.15, 0.2) is 6.10 Å². The summed E-state index contributed by atoms with van der Waals surface area (Å²) >= 11 is 0. The molecular weight excluding hydrogens is 308 g/mol. The third-order valence-corrected chi connectivity index (χ3v) is 4.83. The second-order valence-electron chi connectivity index (χ2n) is 4.91. The van der Waals surface area contributed by atoms with Gasteiger partial charge in [0.25, 0.3) is 5.91 Å². The van der Waals surface area contributed by atoms with Gasteiger partial charge in [-0.25, -0.2) is 17.9 Å². The van der Waals surface area contributed by atoms with Crippen LogP contribution in [0.5, 0.6) is 0 Å². The quantitative estimate of drug-likeness (QED) is 0.781. The Morgan fingerprint density at radius 2 is 1.95 bits per heavy atom. The maximum atomic E-state index is 12.0. The van der Waals surface area contributed by atoms with Crippen molar-refractivity contribution in [3.05, 3.63) is 29.8 Å². The zero-order valence-corrected chi connectivity index (χ0v) is 13.0. The molecule has 2 N–H and O–H groups in total. The van der Waals surface area contributed by atoms with Gasteiger partial charge in [0.05, 0.1) is 10.5 Å². The van der Waals surface area contributed by atoms with E-state index in [1.54, 1.807) is 0 Å². The van der Waals surface area contributed by atoms with Crippen molar-refractivity contribution < 1.29 is 22.7 Å². The number of carbonyl (C=O) groups excluding carboxylic acids is 2. The van der Waals surface area contributed by atoms with E-state index in [4.69, 9.17) is 4.74 Å². The van der Waals surface area contributed by atoms with Gasteiger partial charge in [0.1, 0.15) is 0 Å². The van der Waals surface area contributed by atoms with Crippen molar-refractivity contribution in [3.8, 4) is 0 Å². The zero-order chi connectivity index (χ0) is 16.2. The van der Waals surface area contributed by atoms with E-state index in [2.05, 4.69) is 10.0 Å². The number of amides is 1. The van der Waals surface area contributed by atoms with Crippen LogP contribution in [0.15, 0.2) is 29.2 Å². The molecule has 22 heavy (non-hydrogen) atoms. The molecule has 0 spiro atoms. The molecule has 0 radical (unpaired) electrons. The van der Waals surface area contributed by atoms with Gasteiger partial charge in [-0.15, -0.1) is 0 Å². The third-order valence-electron chi connectivity index (χ3n) is 3.40. The molecular formula is C14H18N2O5S. The van der Waals surface area contributed by atoms with Gasteiger partial charge in [0.2, 0.25) is 10.0 Å². The summed E-state index contributed by atoms with van der Waals surface area (Å²) in [6.45, 7) is 0.587. The molecule has 1 aliphatic heterocycles. The summed E-state index contributed by atoms with van der Waals surface area (Å²) in [5.74, 6) is -0.935. The maximum Gasteiger partial charge on any atom is 0.338 e. The molecule has 1 fully saturated rings. The molecule has 1 amide bonds. The van der Waals surface area contributed by atoms with Crippen molar-refractivity contribution in [3.63, 3.8) is 0 Å². The van der Waals surface area contributed by atoms with Crippen molar-refractivity contribution in [2.45, 2.75) is 30.3 Å². The number of carbonyl (C=O) groups is 2. The highest BCUT2D eigenvalue weighted by Crippen LogP contribution is 2.14. The highest BCUT2D eigenvalue weighted by Gasteiger charge is 2.25. The lowest BCUT2D eigenvalue weighted by atomic mass is 10.1. The number of benzene rings is 1. The van der Waals surface area contributed by atoms with Crippen molar-refractivity contribution in [1.29, 1.82) is 0 Å². The SMILES string of the molecule is CNS(=O)(=O)c1ccc(C(=O)OC2CCCCNC2=O)cc1. The van der Waals surface area contributed by atoms with Crippen LogP contribution in [0.3, 0.4) is 0 Å². The van der Waals surface area contributed by atoms with E-state index in [-0.39, 0.29) is 16.4 Å². The smallest absolute Gasteiger partial charge is 0.338 e. The number of hydrogen-bond donors (Lipinski definition) is 2. The molecule has 120 valence electrons. The molecule has 8 heteroatoms. The maximum absolute atomic E-state index is 12.0. The van der Waals surface area contributed by atoms with Crippen LogP contribution in [-0.2, 0) is 19.6 Å². The predicted octanol–water partition coefficient (Wildman–Crippen LogP) is 0.420. The van der Waals surface area contributed by atoms with E-state index in [9.17, 15) is 18.0 Å². The van der Waals surface area contributed by atoms with Crippen LogP contribution in [0, 0.1) is 0 Å². The van der Waals surface area contributed by atoms with E-state index in [0.717, 1.165) is 12.8 Å². The van der Waals surface area contributed by atoms with Crippen LogP contribution < -0.4 is 10.0 Å². The topological polar surface area (TPSA) is 102 Å². The average molecular weight is 326 g/mol. The van der Waals surface area contributed by atoms with Crippen LogP contribution >= 0.6 is 0 Å². The molecule has 1 aliphatic rings. The Hall–Kier alpha value is -1.93. The fraction of sp³-hybridized carbons (Fsp3) is 0.429. The van der Waals surface area contributed by atoms with Crippen LogP contribution in [0.1, 0.15) is 29.6 Å². The first-order chi connectivity index (χ1) is 10.4. The van der Waals surface area contributed by atoms with Gasteiger partial charge in [-0.05, 0) is 50.6 Å². The molecule has 1 unspecified atom stereocenters. The average Bonchev–Trinajstić information content (AvgIpc) is 2.72. The number of hydrogen-bond acceptors (Lipinski definition) is 5. The van der Waals surface area contributed by atoms with Crippen molar-refractivity contribution >= 4 is 21.9 Å². The lowest BCUT2D eigenvalue weighted by Gasteiger charge is -2.14. The fourth-order valence-corrected chi connectivity index (χ4v) is 2.84. The van der Waals surface area contributed by atoms with Crippen molar-refractivity contribution in [2.24, 2.45) is 0 Å². The normalized spacial score (nSPS) is 19.1. The first kappa shape index (κ1) is 16.4. The summed E-state index contributed by atoms with van der Waals surface area (Å²) in [6.07, 6.45) is 1.35. The van der Waals surface area contributed by atoms with Crippen molar-refractivity contribution in [2.75, 3.05) is 13.6 Å². The van der Waals surface area contributed by atoms with Gasteiger partial charge < -0.3 is 10.1 Å². The molecule has 1 aromatic rings. The third kappa shape index (κ3) is 3.83. The molecule has 1 saturated heterocycles. The van der Waals surface area contributed by atoms with Gasteiger partial charge in [0, 0.05) is 6.54 Å². The molecule has 7 nitrogen and oxygen atoms in total. The number of sulfonamides is 1. The Kier molecular flexibility index (Phi) is 5.15. The Morgan fingerprint density at radius 1 is 1.27 bits per heavy atom. The van der Waals surface area contributed by atoms with Gasteiger partial charge >= 0.3 is 5.97 Å². The minimum Gasteiger partial charge on any atom is -0.449 e. The summed E-state index contributed by atoms with van der Waals surface area (Å²) in [5.41, 5.74) is 0.201. The van der Waals surface area contributed by atoms with E-state index in [1.807, 2.05) is 0 Å². The lowest BCUT2D eigenvalue weighted by molar-refractivity contribution is -0.129. The monoisotopic (exact) mass is 326 g/mol. The van der Waals surface area contributed by atoms with Gasteiger partial charge in [-0.2, -0.15) is 0 Å². The number of esters is 1. The molecule has 0 aromatic heterocycles. The standard InChI is InChI=1S/C14H18N2O5S/c1-15-22(19,20)11-7-5-10(6-8-11)14(18)21-12-4-2-3-9-16-13(12)17/h5-8,12,15H,2-4,9H2,1H3,(H,16,17). The lowest BCUT2D eigenvalue weighted by Crippen LogP contribution is -2.36. The minimum absolute atomic E-state index is 0.0544. The summed E-state index contributed by atoms with van der Waals surface area (Å²) in [5, 5.41) is 2.68. The molecule has 2 rings (SSSR count). The molecule has 1 aromatic carbocycles. The summed E-state index contributed by atoms with van der Waals surface area (Å²) < 4.78 is 30.6. The first-order valence-electron chi connectivity index (χ1n) is 6.96. The van der Waals surface area contributed by atoms with Crippen LogP contribution in [0.4, 0.5) is 0 Å². The Labute approximate surface area is 129 Å². The van der Waals surface area contributed by atoms with E-state index in [0.29, 0.717) is 13.0 Å². The highest BCUT2D eigenvalue weighted by molar-refractivity contribution is 7.89. The molecule has 0 saturated carbocycles. The zero-order valence-electron chi connectivity index (χ0n) is 12.2. The van der Waals surface area contributed by atoms with Crippen LogP contribution in [0.2, 0.25) is 0 Å². The number of rotatable bonds is 4. The predicted molar refractivity (Wildman–Crippen MR) is 78.8 cm³/mol. The second kappa shape index (κ2) is 6.89. The second-order valence-corrected chi connectivity index (χ2v) is 6.80. The molecule has 1 heterocycles. The van der Waals surface area contributed by atoms with Crippen molar-refractivity contribution in [1.82, 2.24) is 10.0 Å². The number of nitrogens with one attached hydrogen (secondary N) is 2. The van der Waals surface area contributed by atoms with Gasteiger partial charge in [-0.3, -0.25) is 4.79 Å². The van der Waals surface area contributed by atoms with E-state index >= 15 is 0 Å².